The van der Waals surface area contributed by atoms with Crippen molar-refractivity contribution in [3.8, 4) is 11.5 Å². The molecule has 40 heavy (non-hydrogen) atoms. The summed E-state index contributed by atoms with van der Waals surface area (Å²) in [6, 6.07) is 9.68. The number of hydrogen-bond donors (Lipinski definition) is 0. The zero-order chi connectivity index (χ0) is 29.0. The fraction of sp³-hybridized carbons (Fsp3) is 0.483. The van der Waals surface area contributed by atoms with Crippen LogP contribution in [0.2, 0.25) is 5.02 Å². The normalized spacial score (nSPS) is 23.5. The Balaban J connectivity index is 1.80. The fourth-order valence-corrected chi connectivity index (χ4v) is 6.10. The third kappa shape index (κ3) is 6.67. The quantitative estimate of drug-likeness (QED) is 0.297. The summed E-state index contributed by atoms with van der Waals surface area (Å²) in [4.78, 5) is 36.4. The van der Waals surface area contributed by atoms with Gasteiger partial charge in [0.15, 0.2) is 18.3 Å². The highest BCUT2D eigenvalue weighted by Gasteiger charge is 2.53. The Bertz CT molecular complexity index is 1250. The van der Waals surface area contributed by atoms with Gasteiger partial charge in [0.25, 0.3) is 0 Å². The van der Waals surface area contributed by atoms with E-state index >= 15 is 0 Å². The van der Waals surface area contributed by atoms with Crippen molar-refractivity contribution >= 4 is 41.3 Å². The van der Waals surface area contributed by atoms with E-state index in [2.05, 4.69) is 0 Å². The Hall–Kier alpha value is -2.95. The van der Waals surface area contributed by atoms with Gasteiger partial charge < -0.3 is 28.4 Å². The number of halogens is 1. The Labute approximate surface area is 242 Å². The molecule has 0 spiro atoms. The number of thioether (sulfide) groups is 1. The summed E-state index contributed by atoms with van der Waals surface area (Å²) in [5.41, 5.74) is 2.62. The number of carbonyl (C=O) groups excluding carboxylic acids is 3. The van der Waals surface area contributed by atoms with Crippen molar-refractivity contribution in [1.82, 2.24) is 0 Å². The molecule has 0 bridgehead atoms. The second kappa shape index (κ2) is 13.1. The lowest BCUT2D eigenvalue weighted by molar-refractivity contribution is -0.233. The Morgan fingerprint density at radius 1 is 0.975 bits per heavy atom. The van der Waals surface area contributed by atoms with E-state index in [1.165, 1.54) is 32.5 Å². The molecule has 4 rings (SSSR count). The van der Waals surface area contributed by atoms with E-state index in [0.29, 0.717) is 42.4 Å². The molecular formula is C29H33ClO9S. The topological polar surface area (TPSA) is 107 Å². The number of esters is 3. The molecule has 0 aliphatic carbocycles. The molecule has 2 aromatic carbocycles. The fourth-order valence-electron chi connectivity index (χ4n) is 5.10. The third-order valence-corrected chi connectivity index (χ3v) is 7.86. The molecule has 11 heteroatoms. The molecule has 0 saturated carbocycles. The van der Waals surface area contributed by atoms with E-state index in [0.717, 1.165) is 22.4 Å². The highest BCUT2D eigenvalue weighted by Crippen LogP contribution is 2.47. The lowest BCUT2D eigenvalue weighted by atomic mass is 9.88. The van der Waals surface area contributed by atoms with Crippen LogP contribution in [0.15, 0.2) is 30.3 Å². The van der Waals surface area contributed by atoms with E-state index in [4.69, 9.17) is 40.0 Å². The molecule has 0 radical (unpaired) electrons. The number of rotatable bonds is 9. The van der Waals surface area contributed by atoms with Crippen LogP contribution in [0.1, 0.15) is 56.1 Å². The van der Waals surface area contributed by atoms with Gasteiger partial charge in [0.2, 0.25) is 0 Å². The van der Waals surface area contributed by atoms with Crippen molar-refractivity contribution in [2.24, 2.45) is 0 Å². The van der Waals surface area contributed by atoms with Crippen LogP contribution in [0.25, 0.3) is 0 Å². The zero-order valence-electron chi connectivity index (χ0n) is 23.1. The molecule has 216 valence electrons. The minimum Gasteiger partial charge on any atom is -0.494 e. The third-order valence-electron chi connectivity index (χ3n) is 6.60. The van der Waals surface area contributed by atoms with E-state index in [1.54, 1.807) is 6.26 Å². The summed E-state index contributed by atoms with van der Waals surface area (Å²) in [5.74, 6) is -0.463. The molecule has 2 aromatic rings. The average Bonchev–Trinajstić information content (AvgIpc) is 3.39. The number of ether oxygens (including phenoxy) is 6. The lowest BCUT2D eigenvalue weighted by Gasteiger charge is -2.44. The summed E-state index contributed by atoms with van der Waals surface area (Å²) in [6.45, 7) is 6.69. The van der Waals surface area contributed by atoms with Crippen LogP contribution in [0.5, 0.6) is 11.5 Å². The molecule has 2 aliphatic heterocycles. The van der Waals surface area contributed by atoms with Crippen molar-refractivity contribution in [2.45, 2.75) is 70.4 Å². The largest absolute Gasteiger partial charge is 0.494 e. The minimum absolute atomic E-state index is 0.426. The monoisotopic (exact) mass is 592 g/mol. The predicted octanol–water partition coefficient (Wildman–Crippen LogP) is 4.82. The summed E-state index contributed by atoms with van der Waals surface area (Å²) < 4.78 is 34.9. The first-order chi connectivity index (χ1) is 19.1. The second-order valence-electron chi connectivity index (χ2n) is 9.48. The molecule has 5 atom stereocenters. The average molecular weight is 593 g/mol. The van der Waals surface area contributed by atoms with Crippen molar-refractivity contribution in [2.75, 3.05) is 19.5 Å². The van der Waals surface area contributed by atoms with Gasteiger partial charge in [-0.05, 0) is 48.4 Å². The van der Waals surface area contributed by atoms with Crippen LogP contribution in [-0.2, 0) is 46.2 Å². The summed E-state index contributed by atoms with van der Waals surface area (Å²) in [5, 5.41) is 0.501. The number of carbonyl (C=O) groups is 3. The Morgan fingerprint density at radius 3 is 2.20 bits per heavy atom. The maximum atomic E-state index is 12.3. The van der Waals surface area contributed by atoms with Crippen LogP contribution in [0, 0.1) is 0 Å². The van der Waals surface area contributed by atoms with Gasteiger partial charge in [-0.15, -0.1) is 11.8 Å². The van der Waals surface area contributed by atoms with Gasteiger partial charge in [-0.25, -0.2) is 0 Å². The smallest absolute Gasteiger partial charge is 0.303 e. The van der Waals surface area contributed by atoms with Gasteiger partial charge in [-0.3, -0.25) is 14.4 Å². The van der Waals surface area contributed by atoms with Gasteiger partial charge in [0.1, 0.15) is 23.0 Å². The second-order valence-corrected chi connectivity index (χ2v) is 10.8. The first-order valence-corrected chi connectivity index (χ1v) is 14.7. The maximum absolute atomic E-state index is 12.3. The molecule has 0 unspecified atom stereocenters. The van der Waals surface area contributed by atoms with Crippen molar-refractivity contribution < 1.29 is 42.8 Å². The van der Waals surface area contributed by atoms with E-state index < -0.39 is 47.8 Å². The Morgan fingerprint density at radius 2 is 1.60 bits per heavy atom. The summed E-state index contributed by atoms with van der Waals surface area (Å²) >= 11 is 8.14. The van der Waals surface area contributed by atoms with Gasteiger partial charge in [0.05, 0.1) is 18.2 Å². The van der Waals surface area contributed by atoms with E-state index in [-0.39, 0.29) is 0 Å². The van der Waals surface area contributed by atoms with E-state index in [1.807, 2.05) is 37.3 Å². The number of hydrogen-bond acceptors (Lipinski definition) is 10. The van der Waals surface area contributed by atoms with Crippen LogP contribution < -0.4 is 9.47 Å². The molecule has 0 N–H and O–H groups in total. The first-order valence-electron chi connectivity index (χ1n) is 13.0. The zero-order valence-corrected chi connectivity index (χ0v) is 24.6. The Kier molecular flexibility index (Phi) is 9.86. The van der Waals surface area contributed by atoms with Crippen molar-refractivity contribution in [3.05, 3.63) is 57.6 Å². The lowest BCUT2D eigenvalue weighted by Crippen LogP contribution is -2.57. The van der Waals surface area contributed by atoms with Crippen molar-refractivity contribution in [1.29, 1.82) is 0 Å². The van der Waals surface area contributed by atoms with Crippen LogP contribution in [0.3, 0.4) is 0 Å². The van der Waals surface area contributed by atoms with Gasteiger partial charge >= 0.3 is 17.9 Å². The van der Waals surface area contributed by atoms with Gasteiger partial charge in [-0.1, -0.05) is 29.8 Å². The summed E-state index contributed by atoms with van der Waals surface area (Å²) in [6.07, 6.45) is -1.21. The number of benzene rings is 2. The molecule has 0 aromatic heterocycles. The molecule has 1 saturated heterocycles. The van der Waals surface area contributed by atoms with E-state index in [9.17, 15) is 14.4 Å². The predicted molar refractivity (Wildman–Crippen MR) is 149 cm³/mol. The highest BCUT2D eigenvalue weighted by atomic mass is 35.5. The molecule has 2 heterocycles. The minimum atomic E-state index is -1.11. The van der Waals surface area contributed by atoms with Crippen LogP contribution in [-0.4, -0.2) is 61.1 Å². The van der Waals surface area contributed by atoms with Crippen LogP contribution >= 0.6 is 23.4 Å². The first kappa shape index (κ1) is 30.0. The van der Waals surface area contributed by atoms with Gasteiger partial charge in [0, 0.05) is 32.8 Å². The summed E-state index contributed by atoms with van der Waals surface area (Å²) in [7, 11) is 0. The molecule has 9 nitrogen and oxygen atoms in total. The molecule has 2 aliphatic rings. The highest BCUT2D eigenvalue weighted by molar-refractivity contribution is 7.99. The molecule has 1 fully saturated rings. The standard InChI is InChI=1S/C29H33ClO9S/c1-6-34-20-9-7-18(8-10-20)13-19-14-22(21-11-12-35-24(21)23(19)30)25-26(36-15(2)31)27(37-16(3)32)28(38-17(4)33)29(39-25)40-5/h7-10,14,25-29H,6,11-13H2,1-5H3/t25-,26-,27+,28-,29+/m0/s1. The molecular weight excluding hydrogens is 560 g/mol. The maximum Gasteiger partial charge on any atom is 0.303 e. The SMILES string of the molecule is CCOc1ccc(Cc2cc([C@@H]3O[C@H](SC)[C@@H](OC(C)=O)[C@H](OC(C)=O)[C@H]3OC(C)=O)c3c(c2Cl)OCC3)cc1. The number of fused-ring (bicyclic) bond motifs is 1. The molecule has 0 amide bonds. The van der Waals surface area contributed by atoms with Crippen LogP contribution in [0.4, 0.5) is 0 Å². The van der Waals surface area contributed by atoms with Crippen molar-refractivity contribution in [3.63, 3.8) is 0 Å². The van der Waals surface area contributed by atoms with Gasteiger partial charge in [-0.2, -0.15) is 0 Å².